The molecule has 19 heavy (non-hydrogen) atoms. The Hall–Kier alpha value is -1.53. The van der Waals surface area contributed by atoms with Crippen LogP contribution in [0.15, 0.2) is 18.2 Å². The van der Waals surface area contributed by atoms with Gasteiger partial charge in [0.15, 0.2) is 0 Å². The van der Waals surface area contributed by atoms with Crippen LogP contribution in [0.5, 0.6) is 0 Å². The van der Waals surface area contributed by atoms with Crippen molar-refractivity contribution in [1.29, 1.82) is 0 Å². The second-order valence-corrected chi connectivity index (χ2v) is 4.16. The maximum absolute atomic E-state index is 12.9. The molecule has 0 radical (unpaired) electrons. The van der Waals surface area contributed by atoms with Crippen LogP contribution in [0.25, 0.3) is 0 Å². The van der Waals surface area contributed by atoms with Crippen LogP contribution in [0.3, 0.4) is 0 Å². The van der Waals surface area contributed by atoms with E-state index in [1.807, 2.05) is 0 Å². The van der Waals surface area contributed by atoms with E-state index in [1.165, 1.54) is 12.1 Å². The molecule has 0 unspecified atom stereocenters. The fourth-order valence-corrected chi connectivity index (χ4v) is 1.81. The van der Waals surface area contributed by atoms with Gasteiger partial charge in [-0.25, -0.2) is 8.78 Å². The Morgan fingerprint density at radius 3 is 2.37 bits per heavy atom. The molecular formula is C12H15F5N2. The molecule has 0 atom stereocenters. The van der Waals surface area contributed by atoms with Crippen LogP contribution >= 0.6 is 0 Å². The number of hydrogen-bond acceptors (Lipinski definition) is 2. The van der Waals surface area contributed by atoms with E-state index in [0.717, 1.165) is 11.0 Å². The smallest absolute Gasteiger partial charge is 0.399 e. The van der Waals surface area contributed by atoms with Gasteiger partial charge in [-0.15, -0.1) is 0 Å². The highest BCUT2D eigenvalue weighted by Crippen LogP contribution is 2.33. The lowest BCUT2D eigenvalue weighted by molar-refractivity contribution is -0.119. The Morgan fingerprint density at radius 2 is 1.89 bits per heavy atom. The second kappa shape index (κ2) is 6.08. The molecule has 0 heterocycles. The molecule has 108 valence electrons. The van der Waals surface area contributed by atoms with Gasteiger partial charge in [0, 0.05) is 23.5 Å². The van der Waals surface area contributed by atoms with Gasteiger partial charge in [0.1, 0.15) is 6.54 Å². The van der Waals surface area contributed by atoms with Gasteiger partial charge in [0.05, 0.1) is 0 Å². The minimum atomic E-state index is -4.45. The highest BCUT2D eigenvalue weighted by Gasteiger charge is 2.32. The maximum atomic E-state index is 12.9. The Balaban J connectivity index is 3.14. The van der Waals surface area contributed by atoms with Gasteiger partial charge in [0.25, 0.3) is 6.43 Å². The zero-order valence-corrected chi connectivity index (χ0v) is 10.3. The van der Waals surface area contributed by atoms with Crippen LogP contribution in [0.4, 0.5) is 33.3 Å². The Morgan fingerprint density at radius 1 is 1.26 bits per heavy atom. The van der Waals surface area contributed by atoms with Crippen molar-refractivity contribution in [2.75, 3.05) is 23.7 Å². The minimum Gasteiger partial charge on any atom is -0.399 e. The highest BCUT2D eigenvalue weighted by atomic mass is 19.4. The molecule has 0 bridgehead atoms. The first-order valence-electron chi connectivity index (χ1n) is 5.74. The SMILES string of the molecule is CCCN(CC(F)(F)F)c1ccc(N)cc1C(F)F. The zero-order chi connectivity index (χ0) is 14.6. The van der Waals surface area contributed by atoms with Crippen molar-refractivity contribution in [3.8, 4) is 0 Å². The Kier molecular flexibility index (Phi) is 4.97. The summed E-state index contributed by atoms with van der Waals surface area (Å²) in [5, 5.41) is 0. The predicted octanol–water partition coefficient (Wildman–Crippen LogP) is 3.99. The van der Waals surface area contributed by atoms with E-state index in [0.29, 0.717) is 6.42 Å². The molecule has 0 aromatic heterocycles. The first-order chi connectivity index (χ1) is 8.74. The van der Waals surface area contributed by atoms with Crippen LogP contribution in [0, 0.1) is 0 Å². The molecule has 0 aliphatic rings. The summed E-state index contributed by atoms with van der Waals surface area (Å²) in [7, 11) is 0. The predicted molar refractivity (Wildman–Crippen MR) is 64.4 cm³/mol. The zero-order valence-electron chi connectivity index (χ0n) is 10.3. The Bertz CT molecular complexity index is 417. The van der Waals surface area contributed by atoms with Gasteiger partial charge < -0.3 is 10.6 Å². The van der Waals surface area contributed by atoms with Crippen molar-refractivity contribution in [3.05, 3.63) is 23.8 Å². The molecule has 0 fully saturated rings. The van der Waals surface area contributed by atoms with Gasteiger partial charge >= 0.3 is 6.18 Å². The number of nitrogens with zero attached hydrogens (tertiary/aromatic N) is 1. The van der Waals surface area contributed by atoms with Crippen LogP contribution in [-0.2, 0) is 0 Å². The van der Waals surface area contributed by atoms with E-state index in [-0.39, 0.29) is 17.9 Å². The van der Waals surface area contributed by atoms with Crippen LogP contribution in [0.1, 0.15) is 25.3 Å². The van der Waals surface area contributed by atoms with Crippen molar-refractivity contribution in [1.82, 2.24) is 0 Å². The summed E-state index contributed by atoms with van der Waals surface area (Å²) in [6.07, 6.45) is -6.90. The molecule has 1 aromatic rings. The molecule has 0 spiro atoms. The number of nitrogen functional groups attached to an aromatic ring is 1. The lowest BCUT2D eigenvalue weighted by atomic mass is 10.1. The standard InChI is InChI=1S/C12H15F5N2/c1-2-5-19(7-12(15,16)17)10-4-3-8(18)6-9(10)11(13)14/h3-4,6,11H,2,5,7,18H2,1H3. The summed E-state index contributed by atoms with van der Waals surface area (Å²) in [5.41, 5.74) is 4.90. The largest absolute Gasteiger partial charge is 0.405 e. The van der Waals surface area contributed by atoms with Crippen molar-refractivity contribution in [2.24, 2.45) is 0 Å². The van der Waals surface area contributed by atoms with Gasteiger partial charge in [0.2, 0.25) is 0 Å². The normalized spacial score (nSPS) is 11.9. The highest BCUT2D eigenvalue weighted by molar-refractivity contribution is 5.60. The summed E-state index contributed by atoms with van der Waals surface area (Å²) in [6.45, 7) is 0.469. The van der Waals surface area contributed by atoms with E-state index in [1.54, 1.807) is 6.92 Å². The van der Waals surface area contributed by atoms with Crippen molar-refractivity contribution in [2.45, 2.75) is 25.9 Å². The molecule has 2 nitrogen and oxygen atoms in total. The van der Waals surface area contributed by atoms with E-state index in [4.69, 9.17) is 5.73 Å². The number of anilines is 2. The van der Waals surface area contributed by atoms with E-state index in [2.05, 4.69) is 0 Å². The maximum Gasteiger partial charge on any atom is 0.405 e. The first kappa shape index (κ1) is 15.5. The van der Waals surface area contributed by atoms with Gasteiger partial charge in [-0.05, 0) is 24.6 Å². The van der Waals surface area contributed by atoms with Crippen LogP contribution < -0.4 is 10.6 Å². The van der Waals surface area contributed by atoms with Gasteiger partial charge in [-0.1, -0.05) is 6.92 Å². The molecule has 0 saturated carbocycles. The molecule has 2 N–H and O–H groups in total. The minimum absolute atomic E-state index is 0.0448. The summed E-state index contributed by atoms with van der Waals surface area (Å²) >= 11 is 0. The summed E-state index contributed by atoms with van der Waals surface area (Å²) in [5.74, 6) is 0. The molecular weight excluding hydrogens is 267 g/mol. The molecule has 0 saturated heterocycles. The van der Waals surface area contributed by atoms with Crippen LogP contribution in [-0.4, -0.2) is 19.3 Å². The first-order valence-corrected chi connectivity index (χ1v) is 5.74. The molecule has 0 aliphatic carbocycles. The lowest BCUT2D eigenvalue weighted by Crippen LogP contribution is -2.35. The number of nitrogens with two attached hydrogens (primary N) is 1. The van der Waals surface area contributed by atoms with Gasteiger partial charge in [-0.3, -0.25) is 0 Å². The fraction of sp³-hybridized carbons (Fsp3) is 0.500. The van der Waals surface area contributed by atoms with Crippen molar-refractivity contribution >= 4 is 11.4 Å². The third kappa shape index (κ3) is 4.57. The number of halogens is 5. The van der Waals surface area contributed by atoms with Crippen LogP contribution in [0.2, 0.25) is 0 Å². The number of alkyl halides is 5. The van der Waals surface area contributed by atoms with E-state index in [9.17, 15) is 22.0 Å². The second-order valence-electron chi connectivity index (χ2n) is 4.16. The number of benzene rings is 1. The number of rotatable bonds is 5. The third-order valence-electron chi connectivity index (χ3n) is 2.49. The molecule has 1 aromatic carbocycles. The van der Waals surface area contributed by atoms with Crippen molar-refractivity contribution < 1.29 is 22.0 Å². The Labute approximate surface area is 108 Å². The topological polar surface area (TPSA) is 29.3 Å². The van der Waals surface area contributed by atoms with E-state index >= 15 is 0 Å². The summed E-state index contributed by atoms with van der Waals surface area (Å²) < 4.78 is 63.2. The molecule has 0 aliphatic heterocycles. The molecule has 0 amide bonds. The third-order valence-corrected chi connectivity index (χ3v) is 2.49. The number of hydrogen-bond donors (Lipinski definition) is 1. The molecule has 7 heteroatoms. The van der Waals surface area contributed by atoms with Gasteiger partial charge in [-0.2, -0.15) is 13.2 Å². The fourth-order valence-electron chi connectivity index (χ4n) is 1.81. The van der Waals surface area contributed by atoms with Crippen molar-refractivity contribution in [3.63, 3.8) is 0 Å². The average Bonchev–Trinajstić information content (AvgIpc) is 2.26. The lowest BCUT2D eigenvalue weighted by Gasteiger charge is -2.27. The van der Waals surface area contributed by atoms with E-state index < -0.39 is 24.7 Å². The monoisotopic (exact) mass is 282 g/mol. The average molecular weight is 282 g/mol. The summed E-state index contributed by atoms with van der Waals surface area (Å²) in [6, 6.07) is 3.54. The summed E-state index contributed by atoms with van der Waals surface area (Å²) in [4.78, 5) is 0.904. The molecule has 1 rings (SSSR count). The quantitative estimate of drug-likeness (QED) is 0.653.